The van der Waals surface area contributed by atoms with Gasteiger partial charge in [0.05, 0.1) is 6.54 Å². The van der Waals surface area contributed by atoms with E-state index in [1.54, 1.807) is 10.9 Å². The summed E-state index contributed by atoms with van der Waals surface area (Å²) >= 11 is 0. The van der Waals surface area contributed by atoms with E-state index in [1.807, 2.05) is 36.5 Å². The van der Waals surface area contributed by atoms with Crippen LogP contribution in [0.15, 0.2) is 47.1 Å². The minimum Gasteiger partial charge on any atom is -0.451 e. The summed E-state index contributed by atoms with van der Waals surface area (Å²) in [6.07, 6.45) is 6.66. The number of carbonyl (C=O) groups excluding carboxylic acids is 1. The molecule has 5 nitrogen and oxygen atoms in total. The third-order valence-electron chi connectivity index (χ3n) is 4.69. The smallest absolute Gasteiger partial charge is 0.287 e. The molecule has 5 heteroatoms. The van der Waals surface area contributed by atoms with E-state index in [1.165, 1.54) is 0 Å². The van der Waals surface area contributed by atoms with Gasteiger partial charge in [-0.25, -0.2) is 0 Å². The van der Waals surface area contributed by atoms with Crippen LogP contribution in [-0.4, -0.2) is 21.2 Å². The quantitative estimate of drug-likeness (QED) is 0.786. The molecular formula is C18H19N3O2. The van der Waals surface area contributed by atoms with Crippen LogP contribution in [0.5, 0.6) is 0 Å². The van der Waals surface area contributed by atoms with Crippen molar-refractivity contribution in [1.29, 1.82) is 0 Å². The lowest BCUT2D eigenvalue weighted by atomic mass is 10.1. The van der Waals surface area contributed by atoms with E-state index < -0.39 is 0 Å². The maximum absolute atomic E-state index is 12.7. The van der Waals surface area contributed by atoms with Crippen molar-refractivity contribution in [2.45, 2.75) is 38.3 Å². The number of aromatic nitrogens is 2. The number of furan rings is 1. The highest BCUT2D eigenvalue weighted by molar-refractivity contribution is 5.99. The molecule has 1 aliphatic rings. The molecule has 0 bridgehead atoms. The number of rotatable bonds is 5. The summed E-state index contributed by atoms with van der Waals surface area (Å²) in [6.45, 7) is 2.63. The number of hydrogen-bond acceptors (Lipinski definition) is 3. The minimum atomic E-state index is -0.122. The van der Waals surface area contributed by atoms with Crippen molar-refractivity contribution in [1.82, 2.24) is 15.1 Å². The van der Waals surface area contributed by atoms with Gasteiger partial charge in [-0.15, -0.1) is 0 Å². The number of carbonyl (C=O) groups is 1. The van der Waals surface area contributed by atoms with Crippen molar-refractivity contribution in [2.75, 3.05) is 0 Å². The Balaban J connectivity index is 1.74. The fourth-order valence-electron chi connectivity index (χ4n) is 3.01. The maximum atomic E-state index is 12.7. The summed E-state index contributed by atoms with van der Waals surface area (Å²) in [6, 6.07) is 9.63. The van der Waals surface area contributed by atoms with E-state index in [9.17, 15) is 4.79 Å². The van der Waals surface area contributed by atoms with Crippen LogP contribution in [0.1, 0.15) is 42.3 Å². The van der Waals surface area contributed by atoms with Gasteiger partial charge < -0.3 is 9.73 Å². The Bertz CT molecular complexity index is 844. The molecular weight excluding hydrogens is 290 g/mol. The van der Waals surface area contributed by atoms with Crippen LogP contribution in [0.2, 0.25) is 0 Å². The predicted molar refractivity (Wildman–Crippen MR) is 87.3 cm³/mol. The first-order chi connectivity index (χ1) is 11.2. The Morgan fingerprint density at radius 1 is 1.35 bits per heavy atom. The number of amides is 1. The van der Waals surface area contributed by atoms with Crippen molar-refractivity contribution < 1.29 is 9.21 Å². The molecule has 2 heterocycles. The first kappa shape index (κ1) is 14.1. The lowest BCUT2D eigenvalue weighted by Gasteiger charge is -2.14. The van der Waals surface area contributed by atoms with Crippen LogP contribution in [0.25, 0.3) is 11.0 Å². The molecule has 4 rings (SSSR count). The van der Waals surface area contributed by atoms with Crippen LogP contribution >= 0.6 is 0 Å². The zero-order valence-electron chi connectivity index (χ0n) is 13.1. The highest BCUT2D eigenvalue weighted by Crippen LogP contribution is 2.39. The predicted octanol–water partition coefficient (Wildman–Crippen LogP) is 3.35. The van der Waals surface area contributed by atoms with E-state index in [4.69, 9.17) is 4.42 Å². The van der Waals surface area contributed by atoms with Gasteiger partial charge >= 0.3 is 0 Å². The molecule has 0 spiro atoms. The second kappa shape index (κ2) is 5.26. The average molecular weight is 309 g/mol. The van der Waals surface area contributed by atoms with E-state index in [0.29, 0.717) is 12.3 Å². The molecule has 118 valence electrons. The van der Waals surface area contributed by atoms with Crippen molar-refractivity contribution in [3.05, 3.63) is 54.0 Å². The van der Waals surface area contributed by atoms with Gasteiger partial charge in [0.15, 0.2) is 5.76 Å². The SMILES string of the molecule is CCC1(NC(=O)c2oc3ccccc3c2Cn2cccn2)CC1. The lowest BCUT2D eigenvalue weighted by Crippen LogP contribution is -2.36. The van der Waals surface area contributed by atoms with Crippen LogP contribution in [0, 0.1) is 0 Å². The number of nitrogens with one attached hydrogen (secondary N) is 1. The molecule has 3 aromatic rings. The maximum Gasteiger partial charge on any atom is 0.287 e. The van der Waals surface area contributed by atoms with Crippen molar-refractivity contribution >= 4 is 16.9 Å². The zero-order valence-corrected chi connectivity index (χ0v) is 13.1. The third kappa shape index (κ3) is 2.52. The lowest BCUT2D eigenvalue weighted by molar-refractivity contribution is 0.0903. The number of fused-ring (bicyclic) bond motifs is 1. The molecule has 23 heavy (non-hydrogen) atoms. The largest absolute Gasteiger partial charge is 0.451 e. The Morgan fingerprint density at radius 2 is 2.17 bits per heavy atom. The molecule has 1 saturated carbocycles. The fourth-order valence-corrected chi connectivity index (χ4v) is 3.01. The van der Waals surface area contributed by atoms with Crippen LogP contribution in [0.3, 0.4) is 0 Å². The molecule has 1 fully saturated rings. The zero-order chi connectivity index (χ0) is 15.9. The second-order valence-corrected chi connectivity index (χ2v) is 6.20. The average Bonchev–Trinajstić information content (AvgIpc) is 2.99. The summed E-state index contributed by atoms with van der Waals surface area (Å²) in [7, 11) is 0. The van der Waals surface area contributed by atoms with Crippen molar-refractivity contribution in [3.63, 3.8) is 0 Å². The topological polar surface area (TPSA) is 60.1 Å². The van der Waals surface area contributed by atoms with Crippen molar-refractivity contribution in [3.8, 4) is 0 Å². The molecule has 1 N–H and O–H groups in total. The van der Waals surface area contributed by atoms with E-state index >= 15 is 0 Å². The highest BCUT2D eigenvalue weighted by atomic mass is 16.3. The van der Waals surface area contributed by atoms with Gasteiger partial charge in [0, 0.05) is 28.9 Å². The number of para-hydroxylation sites is 1. The van der Waals surface area contributed by atoms with E-state index in [-0.39, 0.29) is 11.4 Å². The molecule has 0 saturated heterocycles. The molecule has 1 aromatic carbocycles. The first-order valence-corrected chi connectivity index (χ1v) is 8.01. The molecule has 1 amide bonds. The van der Waals surface area contributed by atoms with Gasteiger partial charge in [-0.05, 0) is 31.4 Å². The van der Waals surface area contributed by atoms with Crippen LogP contribution in [0.4, 0.5) is 0 Å². The molecule has 1 aliphatic carbocycles. The summed E-state index contributed by atoms with van der Waals surface area (Å²) in [5, 5.41) is 8.36. The summed E-state index contributed by atoms with van der Waals surface area (Å²) in [4.78, 5) is 12.7. The van der Waals surface area contributed by atoms with Crippen molar-refractivity contribution in [2.24, 2.45) is 0 Å². The van der Waals surface area contributed by atoms with E-state index in [2.05, 4.69) is 17.3 Å². The Morgan fingerprint density at radius 3 is 2.87 bits per heavy atom. The minimum absolute atomic E-state index is 0.0287. The Kier molecular flexibility index (Phi) is 3.22. The summed E-state index contributed by atoms with van der Waals surface area (Å²) in [5.41, 5.74) is 1.59. The first-order valence-electron chi connectivity index (χ1n) is 8.01. The van der Waals surface area contributed by atoms with Crippen LogP contribution in [-0.2, 0) is 6.54 Å². The Labute approximate surface area is 134 Å². The number of hydrogen-bond donors (Lipinski definition) is 1. The van der Waals surface area contributed by atoms with Gasteiger partial charge in [-0.1, -0.05) is 25.1 Å². The number of nitrogens with zero attached hydrogens (tertiary/aromatic N) is 2. The second-order valence-electron chi connectivity index (χ2n) is 6.20. The summed E-state index contributed by atoms with van der Waals surface area (Å²) in [5.74, 6) is 0.282. The highest BCUT2D eigenvalue weighted by Gasteiger charge is 2.43. The number of benzene rings is 1. The molecule has 2 aromatic heterocycles. The van der Waals surface area contributed by atoms with E-state index in [0.717, 1.165) is 35.8 Å². The Hall–Kier alpha value is -2.56. The van der Waals surface area contributed by atoms with Gasteiger partial charge in [-0.2, -0.15) is 5.10 Å². The van der Waals surface area contributed by atoms with Gasteiger partial charge in [0.1, 0.15) is 5.58 Å². The summed E-state index contributed by atoms with van der Waals surface area (Å²) < 4.78 is 7.68. The normalized spacial score (nSPS) is 15.7. The monoisotopic (exact) mass is 309 g/mol. The molecule has 0 unspecified atom stereocenters. The standard InChI is InChI=1S/C18H19N3O2/c1-2-18(8-9-18)20-17(22)16-14(12-21-11-5-10-19-21)13-6-3-4-7-15(13)23-16/h3-7,10-11H,2,8-9,12H2,1H3,(H,20,22). The van der Waals surface area contributed by atoms with Gasteiger partial charge in [-0.3, -0.25) is 9.48 Å². The third-order valence-corrected chi connectivity index (χ3v) is 4.69. The van der Waals surface area contributed by atoms with Crippen LogP contribution < -0.4 is 5.32 Å². The molecule has 0 aliphatic heterocycles. The molecule has 0 atom stereocenters. The van der Waals surface area contributed by atoms with Gasteiger partial charge in [0.25, 0.3) is 5.91 Å². The fraction of sp³-hybridized carbons (Fsp3) is 0.333. The molecule has 0 radical (unpaired) electrons. The van der Waals surface area contributed by atoms with Gasteiger partial charge in [0.2, 0.25) is 0 Å².